The van der Waals surface area contributed by atoms with Crippen LogP contribution in [0.3, 0.4) is 0 Å². The second-order valence-corrected chi connectivity index (χ2v) is 6.57. The molecular weight excluding hydrogens is 292 g/mol. The van der Waals surface area contributed by atoms with Crippen molar-refractivity contribution in [3.8, 4) is 0 Å². The Morgan fingerprint density at radius 1 is 1.22 bits per heavy atom. The van der Waals surface area contributed by atoms with Crippen molar-refractivity contribution in [2.75, 3.05) is 13.1 Å². The van der Waals surface area contributed by atoms with E-state index in [9.17, 15) is 14.7 Å². The van der Waals surface area contributed by atoms with Crippen LogP contribution in [0.25, 0.3) is 0 Å². The molecule has 1 aromatic carbocycles. The van der Waals surface area contributed by atoms with Crippen LogP contribution in [0.5, 0.6) is 0 Å². The van der Waals surface area contributed by atoms with E-state index in [2.05, 4.69) is 5.32 Å². The van der Waals surface area contributed by atoms with Gasteiger partial charge >= 0.3 is 0 Å². The average Bonchev–Trinajstić information content (AvgIpc) is 2.55. The summed E-state index contributed by atoms with van der Waals surface area (Å²) < 4.78 is 0. The third kappa shape index (κ3) is 5.06. The topological polar surface area (TPSA) is 69.6 Å². The van der Waals surface area contributed by atoms with Crippen molar-refractivity contribution >= 4 is 11.8 Å². The van der Waals surface area contributed by atoms with E-state index in [-0.39, 0.29) is 17.9 Å². The second kappa shape index (κ2) is 8.11. The van der Waals surface area contributed by atoms with Crippen LogP contribution in [-0.2, 0) is 9.59 Å². The summed E-state index contributed by atoms with van der Waals surface area (Å²) in [5.41, 5.74) is 0.592. The van der Waals surface area contributed by atoms with Crippen molar-refractivity contribution in [2.45, 2.75) is 45.3 Å². The summed E-state index contributed by atoms with van der Waals surface area (Å²) in [5, 5.41) is 13.0. The number of amides is 2. The minimum atomic E-state index is -1.14. The molecule has 126 valence electrons. The molecule has 2 amide bonds. The number of rotatable bonds is 5. The molecule has 1 aliphatic heterocycles. The molecule has 0 saturated carbocycles. The first-order valence-electron chi connectivity index (χ1n) is 8.28. The van der Waals surface area contributed by atoms with Gasteiger partial charge in [0.1, 0.15) is 0 Å². The van der Waals surface area contributed by atoms with Crippen molar-refractivity contribution in [3.05, 3.63) is 35.9 Å². The number of aliphatic hydroxyl groups is 1. The van der Waals surface area contributed by atoms with E-state index < -0.39 is 6.10 Å². The molecule has 5 nitrogen and oxygen atoms in total. The first-order valence-corrected chi connectivity index (χ1v) is 8.28. The van der Waals surface area contributed by atoms with Gasteiger partial charge in [-0.2, -0.15) is 0 Å². The van der Waals surface area contributed by atoms with Crippen molar-refractivity contribution < 1.29 is 14.7 Å². The molecular formula is C18H26N2O3. The molecule has 0 spiro atoms. The van der Waals surface area contributed by atoms with E-state index >= 15 is 0 Å². The average molecular weight is 318 g/mol. The molecule has 0 bridgehead atoms. The maximum Gasteiger partial charge on any atom is 0.253 e. The number of benzene rings is 1. The smallest absolute Gasteiger partial charge is 0.253 e. The van der Waals surface area contributed by atoms with E-state index in [0.29, 0.717) is 31.0 Å². The summed E-state index contributed by atoms with van der Waals surface area (Å²) in [7, 11) is 0. The van der Waals surface area contributed by atoms with E-state index in [1.807, 2.05) is 24.8 Å². The van der Waals surface area contributed by atoms with Crippen molar-refractivity contribution in [1.29, 1.82) is 0 Å². The van der Waals surface area contributed by atoms with Gasteiger partial charge in [0.25, 0.3) is 5.91 Å². The zero-order valence-electron chi connectivity index (χ0n) is 13.9. The molecule has 5 heteroatoms. The van der Waals surface area contributed by atoms with Crippen molar-refractivity contribution in [1.82, 2.24) is 10.2 Å². The Hall–Kier alpha value is -1.88. The highest BCUT2D eigenvalue weighted by molar-refractivity contribution is 5.82. The molecule has 1 unspecified atom stereocenters. The number of nitrogens with one attached hydrogen (secondary N) is 1. The highest BCUT2D eigenvalue weighted by Crippen LogP contribution is 2.16. The van der Waals surface area contributed by atoms with Crippen LogP contribution in [0, 0.1) is 5.92 Å². The Labute approximate surface area is 137 Å². The zero-order valence-corrected chi connectivity index (χ0v) is 13.9. The van der Waals surface area contributed by atoms with Gasteiger partial charge in [-0.15, -0.1) is 0 Å². The molecule has 0 radical (unpaired) electrons. The number of hydrogen-bond acceptors (Lipinski definition) is 3. The van der Waals surface area contributed by atoms with Crippen LogP contribution < -0.4 is 5.32 Å². The minimum absolute atomic E-state index is 0.0176. The lowest BCUT2D eigenvalue weighted by Gasteiger charge is -2.33. The standard InChI is InChI=1S/C18H26N2O3/c1-13(2)12-16(21)20-10-8-15(9-11-20)19-18(23)17(22)14-6-4-3-5-7-14/h3-7,13,15,17,22H,8-12H2,1-2H3,(H,19,23). The largest absolute Gasteiger partial charge is 0.378 e. The van der Waals surface area contributed by atoms with Gasteiger partial charge in [-0.1, -0.05) is 44.2 Å². The Morgan fingerprint density at radius 3 is 2.39 bits per heavy atom. The monoisotopic (exact) mass is 318 g/mol. The molecule has 1 aromatic rings. The van der Waals surface area contributed by atoms with Crippen molar-refractivity contribution in [3.63, 3.8) is 0 Å². The number of likely N-dealkylation sites (tertiary alicyclic amines) is 1. The molecule has 23 heavy (non-hydrogen) atoms. The molecule has 0 aromatic heterocycles. The van der Waals surface area contributed by atoms with E-state index in [4.69, 9.17) is 0 Å². The van der Waals surface area contributed by atoms with E-state index in [1.54, 1.807) is 24.3 Å². The normalized spacial score (nSPS) is 17.1. The van der Waals surface area contributed by atoms with E-state index in [0.717, 1.165) is 12.8 Å². The van der Waals surface area contributed by atoms with E-state index in [1.165, 1.54) is 0 Å². The number of carbonyl (C=O) groups is 2. The van der Waals surface area contributed by atoms with Crippen LogP contribution >= 0.6 is 0 Å². The molecule has 1 saturated heterocycles. The van der Waals surface area contributed by atoms with Crippen molar-refractivity contribution in [2.24, 2.45) is 5.92 Å². The SMILES string of the molecule is CC(C)CC(=O)N1CCC(NC(=O)C(O)c2ccccc2)CC1. The maximum atomic E-state index is 12.1. The van der Waals surface area contributed by atoms with Gasteiger partial charge in [0.2, 0.25) is 5.91 Å². The van der Waals surface area contributed by atoms with Crippen LogP contribution in [0.1, 0.15) is 44.8 Å². The summed E-state index contributed by atoms with van der Waals surface area (Å²) in [4.78, 5) is 26.0. The number of carbonyl (C=O) groups excluding carboxylic acids is 2. The fourth-order valence-corrected chi connectivity index (χ4v) is 2.82. The van der Waals surface area contributed by atoms with Gasteiger partial charge < -0.3 is 15.3 Å². The minimum Gasteiger partial charge on any atom is -0.378 e. The summed E-state index contributed by atoms with van der Waals surface area (Å²) >= 11 is 0. The van der Waals surface area contributed by atoms with Crippen LogP contribution in [0.2, 0.25) is 0 Å². The predicted octanol–water partition coefficient (Wildman–Crippen LogP) is 1.87. The van der Waals surface area contributed by atoms with Gasteiger partial charge in [0.15, 0.2) is 6.10 Å². The predicted molar refractivity (Wildman–Crippen MR) is 88.6 cm³/mol. The zero-order chi connectivity index (χ0) is 16.8. The first kappa shape index (κ1) is 17.5. The first-order chi connectivity index (χ1) is 11.0. The second-order valence-electron chi connectivity index (χ2n) is 6.57. The highest BCUT2D eigenvalue weighted by Gasteiger charge is 2.26. The lowest BCUT2D eigenvalue weighted by molar-refractivity contribution is -0.133. The molecule has 1 atom stereocenters. The maximum absolute atomic E-state index is 12.1. The molecule has 2 rings (SSSR count). The summed E-state index contributed by atoms with van der Waals surface area (Å²) in [5.74, 6) is 0.179. The fourth-order valence-electron chi connectivity index (χ4n) is 2.82. The number of aliphatic hydroxyl groups excluding tert-OH is 1. The summed E-state index contributed by atoms with van der Waals surface area (Å²) in [6.07, 6.45) is 0.898. The third-order valence-corrected chi connectivity index (χ3v) is 4.14. The number of piperidine rings is 1. The molecule has 0 aliphatic carbocycles. The lowest BCUT2D eigenvalue weighted by Crippen LogP contribution is -2.47. The Kier molecular flexibility index (Phi) is 6.16. The molecule has 2 N–H and O–H groups in total. The molecule has 1 fully saturated rings. The highest BCUT2D eigenvalue weighted by atomic mass is 16.3. The van der Waals surface area contributed by atoms with Crippen LogP contribution in [-0.4, -0.2) is 41.0 Å². The lowest BCUT2D eigenvalue weighted by atomic mass is 10.0. The van der Waals surface area contributed by atoms with Gasteiger partial charge in [-0.05, 0) is 24.3 Å². The van der Waals surface area contributed by atoms with Gasteiger partial charge in [0.05, 0.1) is 0 Å². The Balaban J connectivity index is 1.80. The Bertz CT molecular complexity index is 522. The fraction of sp³-hybridized carbons (Fsp3) is 0.556. The van der Waals surface area contributed by atoms with Gasteiger partial charge in [-0.3, -0.25) is 9.59 Å². The molecule has 1 heterocycles. The quantitative estimate of drug-likeness (QED) is 0.871. The summed E-state index contributed by atoms with van der Waals surface area (Å²) in [6, 6.07) is 8.92. The number of nitrogens with zero attached hydrogens (tertiary/aromatic N) is 1. The number of hydrogen-bond donors (Lipinski definition) is 2. The summed E-state index contributed by atoms with van der Waals surface area (Å²) in [6.45, 7) is 5.40. The molecule has 1 aliphatic rings. The van der Waals surface area contributed by atoms with Crippen LogP contribution in [0.4, 0.5) is 0 Å². The van der Waals surface area contributed by atoms with Gasteiger partial charge in [0, 0.05) is 25.6 Å². The van der Waals surface area contributed by atoms with Crippen LogP contribution in [0.15, 0.2) is 30.3 Å². The van der Waals surface area contributed by atoms with Gasteiger partial charge in [-0.25, -0.2) is 0 Å². The third-order valence-electron chi connectivity index (χ3n) is 4.14. The Morgan fingerprint density at radius 2 is 1.83 bits per heavy atom.